The summed E-state index contributed by atoms with van der Waals surface area (Å²) in [5.74, 6) is 0.939. The molecule has 1 aliphatic heterocycles. The lowest BCUT2D eigenvalue weighted by atomic mass is 10.2. The molecule has 1 fully saturated rings. The summed E-state index contributed by atoms with van der Waals surface area (Å²) in [5.41, 5.74) is 2.46. The first-order chi connectivity index (χ1) is 7.66. The Bertz CT molecular complexity index is 399. The van der Waals surface area contributed by atoms with Gasteiger partial charge in [-0.15, -0.1) is 11.3 Å². The number of amides is 1. The normalized spacial score (nSPS) is 22.6. The molecule has 2 rings (SSSR count). The highest BCUT2D eigenvalue weighted by molar-refractivity contribution is 7.07. The Morgan fingerprint density at radius 3 is 3.06 bits per heavy atom. The van der Waals surface area contributed by atoms with E-state index < -0.39 is 6.04 Å². The maximum Gasteiger partial charge on any atom is 0.255 e. The van der Waals surface area contributed by atoms with E-state index in [4.69, 9.17) is 0 Å². The summed E-state index contributed by atoms with van der Waals surface area (Å²) in [6.07, 6.45) is 0. The summed E-state index contributed by atoms with van der Waals surface area (Å²) in [6.45, 7) is 4.86. The first kappa shape index (κ1) is 11.1. The highest BCUT2D eigenvalue weighted by Crippen LogP contribution is 2.16. The summed E-state index contributed by atoms with van der Waals surface area (Å²) in [6, 6.07) is -0.392. The Morgan fingerprint density at radius 2 is 2.44 bits per heavy atom. The molecule has 0 spiro atoms. The first-order valence-corrected chi connectivity index (χ1v) is 6.11. The standard InChI is InChI=1S/C10H14N4OS/c1-6(2)3-11-10-13-8(9(15)14-10)7-4-16-5-12-7/h4-6,8H,3H2,1-2H3,(H2,11,13,14,15). The van der Waals surface area contributed by atoms with Crippen LogP contribution in [-0.4, -0.2) is 23.4 Å². The zero-order valence-corrected chi connectivity index (χ0v) is 10.0. The fourth-order valence-corrected chi connectivity index (χ4v) is 1.94. The zero-order chi connectivity index (χ0) is 11.5. The van der Waals surface area contributed by atoms with Crippen molar-refractivity contribution < 1.29 is 4.79 Å². The number of nitrogens with zero attached hydrogens (tertiary/aromatic N) is 2. The van der Waals surface area contributed by atoms with E-state index in [0.29, 0.717) is 18.4 Å². The Labute approximate surface area is 98.0 Å². The maximum absolute atomic E-state index is 11.6. The van der Waals surface area contributed by atoms with Gasteiger partial charge in [0, 0.05) is 11.9 Å². The highest BCUT2D eigenvalue weighted by atomic mass is 32.1. The minimum Gasteiger partial charge on any atom is -0.339 e. The van der Waals surface area contributed by atoms with E-state index in [1.54, 1.807) is 5.51 Å². The molecule has 5 nitrogen and oxygen atoms in total. The third kappa shape index (κ3) is 2.38. The van der Waals surface area contributed by atoms with Crippen LogP contribution >= 0.6 is 11.3 Å². The number of guanidine groups is 1. The van der Waals surface area contributed by atoms with Crippen LogP contribution in [0.3, 0.4) is 0 Å². The van der Waals surface area contributed by atoms with Gasteiger partial charge in [-0.05, 0) is 5.92 Å². The van der Waals surface area contributed by atoms with E-state index >= 15 is 0 Å². The summed E-state index contributed by atoms with van der Waals surface area (Å²) in [4.78, 5) is 20.0. The highest BCUT2D eigenvalue weighted by Gasteiger charge is 2.30. The molecule has 86 valence electrons. The van der Waals surface area contributed by atoms with Crippen LogP contribution < -0.4 is 10.6 Å². The van der Waals surface area contributed by atoms with Gasteiger partial charge in [0.05, 0.1) is 11.2 Å². The number of aromatic nitrogens is 1. The predicted octanol–water partition coefficient (Wildman–Crippen LogP) is 0.916. The van der Waals surface area contributed by atoms with Crippen molar-refractivity contribution in [1.29, 1.82) is 0 Å². The van der Waals surface area contributed by atoms with Gasteiger partial charge in [0.25, 0.3) is 5.91 Å². The van der Waals surface area contributed by atoms with E-state index in [0.717, 1.165) is 5.69 Å². The van der Waals surface area contributed by atoms with Crippen LogP contribution in [0.1, 0.15) is 25.6 Å². The van der Waals surface area contributed by atoms with Gasteiger partial charge in [-0.25, -0.2) is 4.98 Å². The minimum atomic E-state index is -0.392. The van der Waals surface area contributed by atoms with Crippen molar-refractivity contribution in [2.75, 3.05) is 6.54 Å². The second kappa shape index (κ2) is 4.61. The second-order valence-corrected chi connectivity index (χ2v) is 4.78. The summed E-state index contributed by atoms with van der Waals surface area (Å²) >= 11 is 1.48. The number of rotatable bonds is 3. The number of thiazole rings is 1. The third-order valence-electron chi connectivity index (χ3n) is 2.15. The topological polar surface area (TPSA) is 66.4 Å². The molecule has 1 aromatic heterocycles. The molecule has 16 heavy (non-hydrogen) atoms. The smallest absolute Gasteiger partial charge is 0.255 e. The number of hydrogen-bond acceptors (Lipinski definition) is 4. The van der Waals surface area contributed by atoms with Gasteiger partial charge in [0.15, 0.2) is 12.0 Å². The largest absolute Gasteiger partial charge is 0.339 e. The number of hydrogen-bond donors (Lipinski definition) is 2. The average molecular weight is 238 g/mol. The molecule has 0 saturated carbocycles. The molecule has 0 radical (unpaired) electrons. The number of aliphatic imine (C=N–C) groups is 1. The van der Waals surface area contributed by atoms with E-state index in [2.05, 4.69) is 34.5 Å². The van der Waals surface area contributed by atoms with Gasteiger partial charge in [0.2, 0.25) is 0 Å². The van der Waals surface area contributed by atoms with Crippen LogP contribution in [0.15, 0.2) is 15.9 Å². The molecule has 1 amide bonds. The lowest BCUT2D eigenvalue weighted by Crippen LogP contribution is -2.26. The second-order valence-electron chi connectivity index (χ2n) is 4.06. The molecular weight excluding hydrogens is 224 g/mol. The van der Waals surface area contributed by atoms with Crippen molar-refractivity contribution in [2.45, 2.75) is 19.9 Å². The first-order valence-electron chi connectivity index (χ1n) is 5.16. The van der Waals surface area contributed by atoms with Crippen LogP contribution in [-0.2, 0) is 4.79 Å². The lowest BCUT2D eigenvalue weighted by molar-refractivity contribution is -0.120. The SMILES string of the molecule is CC(C)CN=C1NC(=O)C(c2cscn2)N1. The van der Waals surface area contributed by atoms with E-state index in [9.17, 15) is 4.79 Å². The molecule has 1 aromatic rings. The van der Waals surface area contributed by atoms with Crippen molar-refractivity contribution in [3.05, 3.63) is 16.6 Å². The molecule has 1 saturated heterocycles. The zero-order valence-electron chi connectivity index (χ0n) is 9.23. The third-order valence-corrected chi connectivity index (χ3v) is 2.75. The Morgan fingerprint density at radius 1 is 1.62 bits per heavy atom. The van der Waals surface area contributed by atoms with E-state index in [-0.39, 0.29) is 5.91 Å². The van der Waals surface area contributed by atoms with Gasteiger partial charge in [-0.1, -0.05) is 13.8 Å². The molecule has 1 unspecified atom stereocenters. The lowest BCUT2D eigenvalue weighted by Gasteiger charge is -2.03. The van der Waals surface area contributed by atoms with Crippen molar-refractivity contribution >= 4 is 23.2 Å². The summed E-state index contributed by atoms with van der Waals surface area (Å²) < 4.78 is 0. The van der Waals surface area contributed by atoms with Gasteiger partial charge in [-0.3, -0.25) is 15.1 Å². The molecule has 0 bridgehead atoms. The molecule has 1 atom stereocenters. The fraction of sp³-hybridized carbons (Fsp3) is 0.500. The van der Waals surface area contributed by atoms with Crippen molar-refractivity contribution in [1.82, 2.24) is 15.6 Å². The molecule has 0 aliphatic carbocycles. The molecule has 2 heterocycles. The van der Waals surface area contributed by atoms with E-state index in [1.165, 1.54) is 11.3 Å². The Balaban J connectivity index is 2.05. The van der Waals surface area contributed by atoms with Crippen molar-refractivity contribution in [3.63, 3.8) is 0 Å². The Kier molecular flexibility index (Phi) is 3.19. The number of carbonyl (C=O) groups excluding carboxylic acids is 1. The number of nitrogens with one attached hydrogen (secondary N) is 2. The maximum atomic E-state index is 11.6. The molecule has 6 heteroatoms. The minimum absolute atomic E-state index is 0.0894. The summed E-state index contributed by atoms with van der Waals surface area (Å²) in [5, 5.41) is 7.61. The predicted molar refractivity (Wildman–Crippen MR) is 63.3 cm³/mol. The van der Waals surface area contributed by atoms with E-state index in [1.807, 2.05) is 5.38 Å². The molecular formula is C10H14N4OS. The molecule has 1 aliphatic rings. The van der Waals surface area contributed by atoms with Gasteiger partial charge in [0.1, 0.15) is 0 Å². The van der Waals surface area contributed by atoms with Crippen LogP contribution in [0.4, 0.5) is 0 Å². The molecule has 2 N–H and O–H groups in total. The van der Waals surface area contributed by atoms with Gasteiger partial charge < -0.3 is 5.32 Å². The van der Waals surface area contributed by atoms with Crippen molar-refractivity contribution in [3.8, 4) is 0 Å². The van der Waals surface area contributed by atoms with Gasteiger partial charge >= 0.3 is 0 Å². The van der Waals surface area contributed by atoms with Crippen LogP contribution in [0, 0.1) is 5.92 Å². The van der Waals surface area contributed by atoms with Crippen LogP contribution in [0.25, 0.3) is 0 Å². The van der Waals surface area contributed by atoms with Crippen molar-refractivity contribution in [2.24, 2.45) is 10.9 Å². The summed E-state index contributed by atoms with van der Waals surface area (Å²) in [7, 11) is 0. The quantitative estimate of drug-likeness (QED) is 0.822. The monoisotopic (exact) mass is 238 g/mol. The van der Waals surface area contributed by atoms with Crippen LogP contribution in [0.5, 0.6) is 0 Å². The Hall–Kier alpha value is -1.43. The fourth-order valence-electron chi connectivity index (χ4n) is 1.36. The van der Waals surface area contributed by atoms with Crippen LogP contribution in [0.2, 0.25) is 0 Å². The molecule has 0 aromatic carbocycles. The van der Waals surface area contributed by atoms with Gasteiger partial charge in [-0.2, -0.15) is 0 Å². The number of carbonyl (C=O) groups is 1. The average Bonchev–Trinajstić information content (AvgIpc) is 2.83.